The van der Waals surface area contributed by atoms with Crippen LogP contribution in [0.4, 0.5) is 5.69 Å². The second kappa shape index (κ2) is 4.89. The number of hydrogen-bond acceptors (Lipinski definition) is 5. The molecule has 0 heterocycles. The highest BCUT2D eigenvalue weighted by atomic mass is 32.2. The molecule has 1 aromatic carbocycles. The maximum Gasteiger partial charge on any atom is 0.270 e. The molecule has 0 aliphatic heterocycles. The normalized spacial score (nSPS) is 10.9. The van der Waals surface area contributed by atoms with Crippen molar-refractivity contribution in [3.05, 3.63) is 39.9 Å². The maximum atomic E-state index is 11.4. The fourth-order valence-corrected chi connectivity index (χ4v) is 1.25. The van der Waals surface area contributed by atoms with E-state index in [4.69, 9.17) is 0 Å². The summed E-state index contributed by atoms with van der Waals surface area (Å²) in [7, 11) is -3.57. The van der Waals surface area contributed by atoms with E-state index in [1.54, 1.807) is 4.83 Å². The predicted molar refractivity (Wildman–Crippen MR) is 58.5 cm³/mol. The summed E-state index contributed by atoms with van der Waals surface area (Å²) in [6, 6.07) is 4.92. The van der Waals surface area contributed by atoms with Crippen LogP contribution >= 0.6 is 0 Å². The molecule has 0 radical (unpaired) electrons. The van der Waals surface area contributed by atoms with Gasteiger partial charge in [-0.15, -0.1) is 4.83 Å². The summed E-state index contributed by atoms with van der Waals surface area (Å²) in [5.74, 6) is -0.779. The number of nitro groups is 1. The Kier molecular flexibility index (Phi) is 3.76. The Morgan fingerprint density at radius 3 is 2.59 bits per heavy atom. The van der Waals surface area contributed by atoms with Gasteiger partial charge in [0, 0.05) is 17.7 Å². The minimum absolute atomic E-state index is 0.0182. The monoisotopic (exact) mass is 259 g/mol. The Balaban J connectivity index is 2.83. The summed E-state index contributed by atoms with van der Waals surface area (Å²) in [4.78, 5) is 23.0. The van der Waals surface area contributed by atoms with Crippen molar-refractivity contribution in [2.24, 2.45) is 0 Å². The van der Waals surface area contributed by atoms with Gasteiger partial charge in [-0.2, -0.15) is 0 Å². The Labute approximate surface area is 96.8 Å². The van der Waals surface area contributed by atoms with Crippen LogP contribution in [0.2, 0.25) is 0 Å². The summed E-state index contributed by atoms with van der Waals surface area (Å²) < 4.78 is 21.4. The van der Waals surface area contributed by atoms with E-state index in [2.05, 4.69) is 0 Å². The van der Waals surface area contributed by atoms with Crippen molar-refractivity contribution < 1.29 is 18.1 Å². The third-order valence-electron chi connectivity index (χ3n) is 1.67. The molecule has 0 saturated carbocycles. The smallest absolute Gasteiger partial charge is 0.270 e. The molecule has 8 nitrogen and oxygen atoms in total. The molecule has 0 atom stereocenters. The lowest BCUT2D eigenvalue weighted by Crippen LogP contribution is -2.40. The molecule has 9 heteroatoms. The molecule has 17 heavy (non-hydrogen) atoms. The number of hydrazine groups is 1. The van der Waals surface area contributed by atoms with Gasteiger partial charge < -0.3 is 0 Å². The molecule has 92 valence electrons. The van der Waals surface area contributed by atoms with Crippen LogP contribution in [0.15, 0.2) is 24.3 Å². The number of benzene rings is 1. The van der Waals surface area contributed by atoms with Crippen molar-refractivity contribution >= 4 is 21.6 Å². The molecular formula is C8H9N3O5S. The van der Waals surface area contributed by atoms with Gasteiger partial charge in [0.1, 0.15) is 0 Å². The fraction of sp³-hybridized carbons (Fsp3) is 0.125. The highest BCUT2D eigenvalue weighted by Crippen LogP contribution is 2.12. The van der Waals surface area contributed by atoms with Crippen molar-refractivity contribution in [1.82, 2.24) is 10.3 Å². The van der Waals surface area contributed by atoms with Crippen LogP contribution in [-0.4, -0.2) is 25.5 Å². The molecule has 0 spiro atoms. The first-order valence-corrected chi connectivity index (χ1v) is 6.20. The van der Waals surface area contributed by atoms with E-state index in [9.17, 15) is 23.3 Å². The first kappa shape index (κ1) is 13.1. The second-order valence-electron chi connectivity index (χ2n) is 3.14. The van der Waals surface area contributed by atoms with E-state index >= 15 is 0 Å². The van der Waals surface area contributed by atoms with Gasteiger partial charge in [-0.05, 0) is 6.07 Å². The zero-order chi connectivity index (χ0) is 13.1. The van der Waals surface area contributed by atoms with E-state index in [1.807, 2.05) is 5.43 Å². The molecular weight excluding hydrogens is 250 g/mol. The average Bonchev–Trinajstić information content (AvgIpc) is 2.25. The van der Waals surface area contributed by atoms with Crippen molar-refractivity contribution in [3.63, 3.8) is 0 Å². The van der Waals surface area contributed by atoms with Crippen molar-refractivity contribution in [2.75, 3.05) is 6.26 Å². The van der Waals surface area contributed by atoms with Gasteiger partial charge in [-0.3, -0.25) is 20.3 Å². The van der Waals surface area contributed by atoms with Gasteiger partial charge in [0.2, 0.25) is 10.0 Å². The summed E-state index contributed by atoms with van der Waals surface area (Å²) >= 11 is 0. The zero-order valence-corrected chi connectivity index (χ0v) is 9.52. The van der Waals surface area contributed by atoms with Gasteiger partial charge in [-0.1, -0.05) is 6.07 Å². The second-order valence-corrected chi connectivity index (χ2v) is 4.88. The molecule has 0 aromatic heterocycles. The van der Waals surface area contributed by atoms with Crippen LogP contribution in [0.1, 0.15) is 10.4 Å². The van der Waals surface area contributed by atoms with Crippen molar-refractivity contribution in [1.29, 1.82) is 0 Å². The Hall–Kier alpha value is -2.00. The number of carbonyl (C=O) groups is 1. The number of nitro benzene ring substituents is 1. The molecule has 0 aliphatic rings. The van der Waals surface area contributed by atoms with Crippen molar-refractivity contribution in [3.8, 4) is 0 Å². The molecule has 1 aromatic rings. The third-order valence-corrected chi connectivity index (χ3v) is 2.14. The molecule has 1 rings (SSSR count). The number of nitrogens with one attached hydrogen (secondary N) is 2. The lowest BCUT2D eigenvalue weighted by atomic mass is 10.2. The Morgan fingerprint density at radius 2 is 2.06 bits per heavy atom. The number of nitrogens with zero attached hydrogens (tertiary/aromatic N) is 1. The minimum atomic E-state index is -3.57. The van der Waals surface area contributed by atoms with Crippen molar-refractivity contribution in [2.45, 2.75) is 0 Å². The fourth-order valence-electron chi connectivity index (χ4n) is 0.972. The number of sulfonamides is 1. The highest BCUT2D eigenvalue weighted by molar-refractivity contribution is 7.88. The summed E-state index contributed by atoms with van der Waals surface area (Å²) in [6.07, 6.45) is 0.862. The number of rotatable bonds is 4. The number of hydrogen-bond donors (Lipinski definition) is 2. The number of amides is 1. The summed E-state index contributed by atoms with van der Waals surface area (Å²) in [5, 5.41) is 10.5. The minimum Gasteiger partial charge on any atom is -0.274 e. The first-order chi connectivity index (χ1) is 7.79. The van der Waals surface area contributed by atoms with Gasteiger partial charge in [0.15, 0.2) is 0 Å². The SMILES string of the molecule is CS(=O)(=O)NNC(=O)c1cccc([N+](=O)[O-])c1. The van der Waals surface area contributed by atoms with Gasteiger partial charge in [0.25, 0.3) is 11.6 Å². The van der Waals surface area contributed by atoms with Crippen LogP contribution < -0.4 is 10.3 Å². The van der Waals surface area contributed by atoms with Gasteiger partial charge in [0.05, 0.1) is 11.2 Å². The van der Waals surface area contributed by atoms with E-state index in [-0.39, 0.29) is 11.3 Å². The van der Waals surface area contributed by atoms with E-state index < -0.39 is 20.9 Å². The first-order valence-electron chi connectivity index (χ1n) is 4.31. The van der Waals surface area contributed by atoms with Crippen LogP contribution in [0.3, 0.4) is 0 Å². The predicted octanol–water partition coefficient (Wildman–Crippen LogP) is -0.211. The third kappa shape index (κ3) is 4.17. The summed E-state index contributed by atoms with van der Waals surface area (Å²) in [6.45, 7) is 0. The topological polar surface area (TPSA) is 118 Å². The molecule has 2 N–H and O–H groups in total. The van der Waals surface area contributed by atoms with Crippen LogP contribution in [-0.2, 0) is 10.0 Å². The quantitative estimate of drug-likeness (QED) is 0.572. The Morgan fingerprint density at radius 1 is 1.41 bits per heavy atom. The van der Waals surface area contributed by atoms with Crippen LogP contribution in [0.25, 0.3) is 0 Å². The molecule has 0 saturated heterocycles. The van der Waals surface area contributed by atoms with Gasteiger partial charge >= 0.3 is 0 Å². The van der Waals surface area contributed by atoms with E-state index in [0.29, 0.717) is 0 Å². The molecule has 1 amide bonds. The molecule has 0 bridgehead atoms. The highest BCUT2D eigenvalue weighted by Gasteiger charge is 2.12. The van der Waals surface area contributed by atoms with Crippen LogP contribution in [0, 0.1) is 10.1 Å². The number of non-ortho nitro benzene ring substituents is 1. The van der Waals surface area contributed by atoms with E-state index in [0.717, 1.165) is 12.3 Å². The molecule has 0 unspecified atom stereocenters. The largest absolute Gasteiger partial charge is 0.274 e. The van der Waals surface area contributed by atoms with Crippen LogP contribution in [0.5, 0.6) is 0 Å². The lowest BCUT2D eigenvalue weighted by molar-refractivity contribution is -0.384. The Bertz CT molecular complexity index is 554. The number of carbonyl (C=O) groups excluding carboxylic acids is 1. The summed E-state index contributed by atoms with van der Waals surface area (Å²) in [5.41, 5.74) is 1.63. The standard InChI is InChI=1S/C8H9N3O5S/c1-17(15,16)10-9-8(12)6-3-2-4-7(5-6)11(13)14/h2-5,10H,1H3,(H,9,12). The maximum absolute atomic E-state index is 11.4. The molecule has 0 fully saturated rings. The van der Waals surface area contributed by atoms with Gasteiger partial charge in [-0.25, -0.2) is 8.42 Å². The molecule has 0 aliphatic carbocycles. The average molecular weight is 259 g/mol. The zero-order valence-electron chi connectivity index (χ0n) is 8.71. The van der Waals surface area contributed by atoms with E-state index in [1.165, 1.54) is 18.2 Å². The lowest BCUT2D eigenvalue weighted by Gasteiger charge is -2.04.